The zero-order chi connectivity index (χ0) is 21.1. The number of hydrogen-bond acceptors (Lipinski definition) is 5. The summed E-state index contributed by atoms with van der Waals surface area (Å²) in [6, 6.07) is 9.81. The van der Waals surface area contributed by atoms with Gasteiger partial charge in [-0.3, -0.25) is 4.79 Å². The summed E-state index contributed by atoms with van der Waals surface area (Å²) in [6.45, 7) is 8.09. The zero-order valence-corrected chi connectivity index (χ0v) is 17.9. The molecule has 1 aromatic carbocycles. The van der Waals surface area contributed by atoms with Crippen molar-refractivity contribution in [1.82, 2.24) is 19.7 Å². The smallest absolute Gasteiger partial charge is 0.224 e. The molecule has 7 heteroatoms. The molecule has 0 radical (unpaired) electrons. The second kappa shape index (κ2) is 8.65. The lowest BCUT2D eigenvalue weighted by Gasteiger charge is -2.16. The molecule has 30 heavy (non-hydrogen) atoms. The summed E-state index contributed by atoms with van der Waals surface area (Å²) >= 11 is 0. The van der Waals surface area contributed by atoms with E-state index in [4.69, 9.17) is 5.10 Å². The summed E-state index contributed by atoms with van der Waals surface area (Å²) in [5, 5.41) is 7.70. The highest BCUT2D eigenvalue weighted by atomic mass is 16.1. The largest absolute Gasteiger partial charge is 0.356 e. The van der Waals surface area contributed by atoms with Crippen LogP contribution in [0.25, 0.3) is 5.82 Å². The van der Waals surface area contributed by atoms with Crippen LogP contribution in [0, 0.1) is 20.8 Å². The van der Waals surface area contributed by atoms with E-state index in [1.54, 1.807) is 6.33 Å². The number of nitrogens with zero attached hydrogens (tertiary/aromatic N) is 5. The Bertz CT molecular complexity index is 1050. The third-order valence-electron chi connectivity index (χ3n) is 5.75. The fourth-order valence-corrected chi connectivity index (χ4v) is 4.00. The lowest BCUT2D eigenvalue weighted by atomic mass is 10.1. The van der Waals surface area contributed by atoms with E-state index in [0.29, 0.717) is 12.8 Å². The van der Waals surface area contributed by atoms with Gasteiger partial charge in [0.15, 0.2) is 5.82 Å². The molecule has 156 valence electrons. The molecule has 0 saturated carbocycles. The molecule has 1 saturated heterocycles. The van der Waals surface area contributed by atoms with Gasteiger partial charge in [0.1, 0.15) is 12.1 Å². The van der Waals surface area contributed by atoms with Gasteiger partial charge in [0, 0.05) is 37.0 Å². The van der Waals surface area contributed by atoms with Gasteiger partial charge in [-0.05, 0) is 57.2 Å². The fourth-order valence-electron chi connectivity index (χ4n) is 4.00. The number of aryl methyl sites for hydroxylation is 2. The van der Waals surface area contributed by atoms with Gasteiger partial charge in [-0.25, -0.2) is 14.6 Å². The summed E-state index contributed by atoms with van der Waals surface area (Å²) in [6.07, 6.45) is 5.06. The van der Waals surface area contributed by atoms with E-state index < -0.39 is 0 Å². The van der Waals surface area contributed by atoms with Crippen LogP contribution in [-0.2, 0) is 11.2 Å². The van der Waals surface area contributed by atoms with Gasteiger partial charge in [0.05, 0.1) is 5.69 Å². The van der Waals surface area contributed by atoms with Crippen molar-refractivity contribution < 1.29 is 4.79 Å². The fraction of sp³-hybridized carbons (Fsp3) is 0.391. The maximum Gasteiger partial charge on any atom is 0.224 e. The molecule has 0 unspecified atom stereocenters. The first-order valence-electron chi connectivity index (χ1n) is 10.5. The summed E-state index contributed by atoms with van der Waals surface area (Å²) in [5.41, 5.74) is 4.96. The lowest BCUT2D eigenvalue weighted by Crippen LogP contribution is -2.19. The Labute approximate surface area is 177 Å². The number of anilines is 2. The maximum atomic E-state index is 12.5. The Morgan fingerprint density at radius 2 is 1.80 bits per heavy atom. The molecule has 3 aromatic rings. The van der Waals surface area contributed by atoms with Crippen molar-refractivity contribution in [3.63, 3.8) is 0 Å². The van der Waals surface area contributed by atoms with Crippen molar-refractivity contribution in [2.75, 3.05) is 23.3 Å². The number of amides is 1. The predicted octanol–water partition coefficient (Wildman–Crippen LogP) is 3.76. The van der Waals surface area contributed by atoms with Crippen molar-refractivity contribution in [3.8, 4) is 5.82 Å². The summed E-state index contributed by atoms with van der Waals surface area (Å²) in [4.78, 5) is 23.6. The lowest BCUT2D eigenvalue weighted by molar-refractivity contribution is -0.116. The Kier molecular flexibility index (Phi) is 5.79. The Hall–Kier alpha value is -3.22. The van der Waals surface area contributed by atoms with Crippen LogP contribution in [0.3, 0.4) is 0 Å². The third kappa shape index (κ3) is 4.20. The van der Waals surface area contributed by atoms with Crippen LogP contribution in [0.2, 0.25) is 0 Å². The number of nitrogens with one attached hydrogen (secondary N) is 1. The number of hydrogen-bond donors (Lipinski definition) is 1. The zero-order valence-electron chi connectivity index (χ0n) is 17.9. The monoisotopic (exact) mass is 404 g/mol. The van der Waals surface area contributed by atoms with Crippen LogP contribution in [0.5, 0.6) is 0 Å². The highest BCUT2D eigenvalue weighted by molar-refractivity contribution is 5.91. The minimum absolute atomic E-state index is 0.00852. The van der Waals surface area contributed by atoms with Gasteiger partial charge in [-0.1, -0.05) is 18.2 Å². The molecule has 7 nitrogen and oxygen atoms in total. The van der Waals surface area contributed by atoms with Crippen LogP contribution in [-0.4, -0.2) is 38.7 Å². The molecule has 0 spiro atoms. The van der Waals surface area contributed by atoms with E-state index in [0.717, 1.165) is 52.9 Å². The molecule has 3 heterocycles. The first kappa shape index (κ1) is 20.1. The Balaban J connectivity index is 1.48. The molecule has 0 bridgehead atoms. The van der Waals surface area contributed by atoms with Crippen molar-refractivity contribution in [2.24, 2.45) is 0 Å². The summed E-state index contributed by atoms with van der Waals surface area (Å²) < 4.78 is 1.87. The van der Waals surface area contributed by atoms with Crippen molar-refractivity contribution in [2.45, 2.75) is 46.5 Å². The Morgan fingerprint density at radius 3 is 2.57 bits per heavy atom. The van der Waals surface area contributed by atoms with Gasteiger partial charge in [0.2, 0.25) is 5.91 Å². The number of carbonyl (C=O) groups is 1. The first-order valence-corrected chi connectivity index (χ1v) is 10.5. The summed E-state index contributed by atoms with van der Waals surface area (Å²) in [5.74, 6) is 1.72. The highest BCUT2D eigenvalue weighted by Crippen LogP contribution is 2.22. The van der Waals surface area contributed by atoms with Gasteiger partial charge >= 0.3 is 0 Å². The SMILES string of the molecule is Cc1ccccc1NC(=O)CCc1c(C)nn(-c2cc(N3CCCC3)ncn2)c1C. The predicted molar refractivity (Wildman–Crippen MR) is 118 cm³/mol. The van der Waals surface area contributed by atoms with Crippen molar-refractivity contribution in [1.29, 1.82) is 0 Å². The molecule has 1 amide bonds. The van der Waals surface area contributed by atoms with Crippen molar-refractivity contribution >= 4 is 17.4 Å². The molecule has 1 aliphatic heterocycles. The number of para-hydroxylation sites is 1. The number of rotatable bonds is 6. The average Bonchev–Trinajstić information content (AvgIpc) is 3.37. The van der Waals surface area contributed by atoms with Crippen LogP contribution in [0.15, 0.2) is 36.7 Å². The Morgan fingerprint density at radius 1 is 1.07 bits per heavy atom. The maximum absolute atomic E-state index is 12.5. The number of aromatic nitrogens is 4. The van der Waals surface area contributed by atoms with Crippen LogP contribution >= 0.6 is 0 Å². The number of carbonyl (C=O) groups excluding carboxylic acids is 1. The molecule has 1 N–H and O–H groups in total. The number of benzene rings is 1. The first-order chi connectivity index (χ1) is 14.5. The van der Waals surface area contributed by atoms with Crippen LogP contribution < -0.4 is 10.2 Å². The van der Waals surface area contributed by atoms with E-state index in [1.807, 2.05) is 55.8 Å². The third-order valence-corrected chi connectivity index (χ3v) is 5.75. The normalized spacial score (nSPS) is 13.6. The van der Waals surface area contributed by atoms with E-state index in [2.05, 4.69) is 20.2 Å². The standard InChI is InChI=1S/C23H28N6O/c1-16-8-4-5-9-20(16)26-23(30)11-10-19-17(2)27-29(18(19)3)22-14-21(24-15-25-22)28-12-6-7-13-28/h4-5,8-9,14-15H,6-7,10-13H2,1-3H3,(H,26,30). The topological polar surface area (TPSA) is 75.9 Å². The summed E-state index contributed by atoms with van der Waals surface area (Å²) in [7, 11) is 0. The molecule has 1 fully saturated rings. The molecular formula is C23H28N6O. The minimum atomic E-state index is 0.00852. The molecule has 1 aliphatic rings. The highest BCUT2D eigenvalue weighted by Gasteiger charge is 2.18. The molecule has 2 aromatic heterocycles. The van der Waals surface area contributed by atoms with Gasteiger partial charge in [0.25, 0.3) is 0 Å². The molecule has 4 rings (SSSR count). The quantitative estimate of drug-likeness (QED) is 0.677. The van der Waals surface area contributed by atoms with Gasteiger partial charge in [-0.2, -0.15) is 5.10 Å². The second-order valence-corrected chi connectivity index (χ2v) is 7.85. The van der Waals surface area contributed by atoms with Gasteiger partial charge in [-0.15, -0.1) is 0 Å². The van der Waals surface area contributed by atoms with Gasteiger partial charge < -0.3 is 10.2 Å². The van der Waals surface area contributed by atoms with E-state index in [1.165, 1.54) is 12.8 Å². The minimum Gasteiger partial charge on any atom is -0.356 e. The average molecular weight is 405 g/mol. The van der Waals surface area contributed by atoms with E-state index in [-0.39, 0.29) is 5.91 Å². The van der Waals surface area contributed by atoms with E-state index in [9.17, 15) is 4.79 Å². The molecule has 0 atom stereocenters. The van der Waals surface area contributed by atoms with Crippen molar-refractivity contribution in [3.05, 3.63) is 59.2 Å². The molecular weight excluding hydrogens is 376 g/mol. The second-order valence-electron chi connectivity index (χ2n) is 7.85. The van der Waals surface area contributed by atoms with E-state index >= 15 is 0 Å². The van der Waals surface area contributed by atoms with Crippen LogP contribution in [0.4, 0.5) is 11.5 Å². The molecule has 0 aliphatic carbocycles. The van der Waals surface area contributed by atoms with Crippen LogP contribution in [0.1, 0.15) is 41.8 Å².